The van der Waals surface area contributed by atoms with Gasteiger partial charge >= 0.3 is 12.1 Å². The van der Waals surface area contributed by atoms with Crippen LogP contribution in [0.4, 0.5) is 13.2 Å². The molecule has 2 aromatic rings. The van der Waals surface area contributed by atoms with Crippen molar-refractivity contribution in [1.29, 1.82) is 0 Å². The molecule has 12 heteroatoms. The first-order valence-corrected chi connectivity index (χ1v) is 10.4. The zero-order chi connectivity index (χ0) is 23.6. The predicted octanol–water partition coefficient (Wildman–Crippen LogP) is 2.47. The monoisotopic (exact) mass is 468 g/mol. The Kier molecular flexibility index (Phi) is 6.45. The van der Waals surface area contributed by atoms with Crippen LogP contribution in [0.15, 0.2) is 30.7 Å². The molecule has 5 rings (SSSR count). The molecule has 1 saturated carbocycles. The molecule has 178 valence electrons. The van der Waals surface area contributed by atoms with Crippen molar-refractivity contribution in [2.75, 3.05) is 13.3 Å². The summed E-state index contributed by atoms with van der Waals surface area (Å²) < 4.78 is 44.6. The van der Waals surface area contributed by atoms with Crippen molar-refractivity contribution < 1.29 is 37.3 Å². The van der Waals surface area contributed by atoms with Gasteiger partial charge in [0.25, 0.3) is 0 Å². The van der Waals surface area contributed by atoms with E-state index >= 15 is 0 Å². The lowest BCUT2D eigenvalue weighted by Crippen LogP contribution is -2.48. The largest absolute Gasteiger partial charge is 0.490 e. The van der Waals surface area contributed by atoms with Gasteiger partial charge in [-0.25, -0.2) is 9.78 Å². The molecule has 1 aliphatic carbocycles. The summed E-state index contributed by atoms with van der Waals surface area (Å²) in [6.45, 7) is 2.50. The number of hydrogen-bond acceptors (Lipinski definition) is 6. The average molecular weight is 468 g/mol. The Morgan fingerprint density at radius 1 is 1.21 bits per heavy atom. The number of amides is 1. The van der Waals surface area contributed by atoms with Crippen LogP contribution in [-0.4, -0.2) is 57.0 Å². The van der Waals surface area contributed by atoms with Gasteiger partial charge in [-0.2, -0.15) is 13.2 Å². The van der Waals surface area contributed by atoms with Crippen molar-refractivity contribution in [3.05, 3.63) is 42.0 Å². The number of fused-ring (bicyclic) bond motifs is 2. The lowest BCUT2D eigenvalue weighted by Gasteiger charge is -2.35. The second-order valence-electron chi connectivity index (χ2n) is 8.10. The number of imidazole rings is 1. The maximum atomic E-state index is 12.8. The molecule has 2 N–H and O–H groups in total. The maximum absolute atomic E-state index is 12.8. The van der Waals surface area contributed by atoms with Gasteiger partial charge in [0.15, 0.2) is 11.5 Å². The quantitative estimate of drug-likeness (QED) is 0.710. The van der Waals surface area contributed by atoms with E-state index in [0.717, 1.165) is 48.7 Å². The van der Waals surface area contributed by atoms with Crippen LogP contribution in [0.5, 0.6) is 11.5 Å². The molecule has 0 saturated heterocycles. The summed E-state index contributed by atoms with van der Waals surface area (Å²) in [4.78, 5) is 28.2. The molecule has 33 heavy (non-hydrogen) atoms. The summed E-state index contributed by atoms with van der Waals surface area (Å²) in [5.74, 6) is -1.07. The molecule has 1 atom stereocenters. The molecule has 1 amide bonds. The Morgan fingerprint density at radius 3 is 2.61 bits per heavy atom. The molecule has 0 bridgehead atoms. The van der Waals surface area contributed by atoms with Gasteiger partial charge in [-0.3, -0.25) is 9.69 Å². The van der Waals surface area contributed by atoms with Gasteiger partial charge in [-0.1, -0.05) is 6.07 Å². The van der Waals surface area contributed by atoms with Crippen molar-refractivity contribution in [2.24, 2.45) is 0 Å². The van der Waals surface area contributed by atoms with Gasteiger partial charge in [0, 0.05) is 31.9 Å². The van der Waals surface area contributed by atoms with Crippen molar-refractivity contribution in [3.63, 3.8) is 0 Å². The molecule has 1 aromatic heterocycles. The average Bonchev–Trinajstić information content (AvgIpc) is 3.38. The van der Waals surface area contributed by atoms with Crippen LogP contribution in [0.25, 0.3) is 0 Å². The van der Waals surface area contributed by atoms with E-state index in [4.69, 9.17) is 19.4 Å². The van der Waals surface area contributed by atoms with E-state index in [2.05, 4.69) is 21.3 Å². The lowest BCUT2D eigenvalue weighted by atomic mass is 9.93. The Hall–Kier alpha value is -3.28. The molecule has 1 unspecified atom stereocenters. The number of alkyl halides is 3. The third-order valence-corrected chi connectivity index (χ3v) is 5.74. The summed E-state index contributed by atoms with van der Waals surface area (Å²) in [6.07, 6.45) is 1.95. The van der Waals surface area contributed by atoms with Crippen LogP contribution in [-0.2, 0) is 22.7 Å². The predicted molar refractivity (Wildman–Crippen MR) is 107 cm³/mol. The fourth-order valence-electron chi connectivity index (χ4n) is 3.84. The number of carboxylic acids is 1. The van der Waals surface area contributed by atoms with Crippen molar-refractivity contribution in [3.8, 4) is 11.5 Å². The van der Waals surface area contributed by atoms with Crippen LogP contribution < -0.4 is 14.8 Å². The topological polar surface area (TPSA) is 106 Å². The van der Waals surface area contributed by atoms with Gasteiger partial charge in [-0.15, -0.1) is 0 Å². The number of carboxylic acid groups (broad SMARTS) is 1. The Labute approximate surface area is 187 Å². The number of nitrogens with one attached hydrogen (secondary N) is 1. The highest BCUT2D eigenvalue weighted by Gasteiger charge is 2.38. The van der Waals surface area contributed by atoms with E-state index in [9.17, 15) is 18.0 Å². The van der Waals surface area contributed by atoms with Crippen molar-refractivity contribution in [2.45, 2.75) is 50.6 Å². The minimum Gasteiger partial charge on any atom is -0.475 e. The van der Waals surface area contributed by atoms with E-state index < -0.39 is 12.1 Å². The summed E-state index contributed by atoms with van der Waals surface area (Å²) >= 11 is 0. The number of benzene rings is 1. The number of hydrogen-bond donors (Lipinski definition) is 2. The molecule has 0 radical (unpaired) electrons. The Morgan fingerprint density at radius 2 is 1.94 bits per heavy atom. The van der Waals surface area contributed by atoms with Crippen LogP contribution >= 0.6 is 0 Å². The first-order chi connectivity index (χ1) is 15.7. The number of aliphatic carboxylic acids is 1. The van der Waals surface area contributed by atoms with Crippen LogP contribution in [0.2, 0.25) is 0 Å². The van der Waals surface area contributed by atoms with Crippen LogP contribution in [0.1, 0.15) is 36.6 Å². The molecule has 0 spiro atoms. The summed E-state index contributed by atoms with van der Waals surface area (Å²) in [7, 11) is 0. The highest BCUT2D eigenvalue weighted by Crippen LogP contribution is 2.33. The Bertz CT molecular complexity index is 1020. The highest BCUT2D eigenvalue weighted by atomic mass is 19.4. The number of nitrogens with zero attached hydrogens (tertiary/aromatic N) is 3. The molecule has 1 fully saturated rings. The normalized spacial score (nSPS) is 19.7. The fourth-order valence-corrected chi connectivity index (χ4v) is 3.84. The van der Waals surface area contributed by atoms with E-state index in [-0.39, 0.29) is 18.7 Å². The van der Waals surface area contributed by atoms with Crippen LogP contribution in [0, 0.1) is 0 Å². The summed E-state index contributed by atoms with van der Waals surface area (Å²) in [5.41, 5.74) is 2.23. The summed E-state index contributed by atoms with van der Waals surface area (Å²) in [6, 6.07) is 6.15. The second kappa shape index (κ2) is 9.30. The minimum atomic E-state index is -5.08. The molecule has 3 heterocycles. The molecular weight excluding hydrogens is 445 g/mol. The van der Waals surface area contributed by atoms with Crippen LogP contribution in [0.3, 0.4) is 0 Å². The molecular formula is C21H23F3N4O5. The standard InChI is InChI=1S/C19H22N4O3.C2HF3O2/c24-19(21-14-2-1-3-14)16-10-22(9-15-7-20-11-23(15)16)8-13-4-5-17-18(6-13)26-12-25-17;3-2(4,5)1(6)7/h4-7,11,14,16H,1-3,8-10,12H2,(H,21,24);(H,6,7). The van der Waals surface area contributed by atoms with Gasteiger partial charge in [-0.05, 0) is 37.0 Å². The summed E-state index contributed by atoms with van der Waals surface area (Å²) in [5, 5.41) is 10.3. The zero-order valence-electron chi connectivity index (χ0n) is 17.5. The van der Waals surface area contributed by atoms with E-state index in [1.165, 1.54) is 6.42 Å². The lowest BCUT2D eigenvalue weighted by molar-refractivity contribution is -0.192. The number of rotatable bonds is 4. The SMILES string of the molecule is O=C(NC1CCC1)C1CN(Cc2ccc3c(c2)OCO3)Cc2cncn21.O=C(O)C(F)(F)F. The first-order valence-electron chi connectivity index (χ1n) is 10.4. The number of aromatic nitrogens is 2. The number of ether oxygens (including phenoxy) is 2. The minimum absolute atomic E-state index is 0.101. The third kappa shape index (κ3) is 5.38. The highest BCUT2D eigenvalue weighted by molar-refractivity contribution is 5.81. The zero-order valence-corrected chi connectivity index (χ0v) is 17.5. The first kappa shape index (κ1) is 22.9. The third-order valence-electron chi connectivity index (χ3n) is 5.74. The van der Waals surface area contributed by atoms with Gasteiger partial charge in [0.1, 0.15) is 6.04 Å². The second-order valence-corrected chi connectivity index (χ2v) is 8.10. The molecule has 1 aromatic carbocycles. The number of halogens is 3. The fraction of sp³-hybridized carbons (Fsp3) is 0.476. The maximum Gasteiger partial charge on any atom is 0.490 e. The number of carbonyl (C=O) groups excluding carboxylic acids is 1. The smallest absolute Gasteiger partial charge is 0.475 e. The number of carbonyl (C=O) groups is 2. The van der Waals surface area contributed by atoms with Crippen molar-refractivity contribution in [1.82, 2.24) is 19.8 Å². The molecule has 9 nitrogen and oxygen atoms in total. The Balaban J connectivity index is 0.000000325. The van der Waals surface area contributed by atoms with Gasteiger partial charge < -0.3 is 24.5 Å². The van der Waals surface area contributed by atoms with Crippen molar-refractivity contribution >= 4 is 11.9 Å². The van der Waals surface area contributed by atoms with E-state index in [0.29, 0.717) is 12.6 Å². The van der Waals surface area contributed by atoms with E-state index in [1.54, 1.807) is 6.33 Å². The van der Waals surface area contributed by atoms with Gasteiger partial charge in [0.2, 0.25) is 12.7 Å². The van der Waals surface area contributed by atoms with Gasteiger partial charge in [0.05, 0.1) is 12.0 Å². The molecule has 2 aliphatic heterocycles. The molecule has 3 aliphatic rings. The van der Waals surface area contributed by atoms with E-state index in [1.807, 2.05) is 22.9 Å².